The van der Waals surface area contributed by atoms with Crippen LogP contribution in [0.2, 0.25) is 0 Å². The molecule has 1 N–H and O–H groups in total. The van der Waals surface area contributed by atoms with Crippen molar-refractivity contribution in [2.45, 2.75) is 26.2 Å². The van der Waals surface area contributed by atoms with Gasteiger partial charge in [-0.1, -0.05) is 13.8 Å². The maximum absolute atomic E-state index is 12.7. The highest BCUT2D eigenvalue weighted by Crippen LogP contribution is 2.19. The fraction of sp³-hybridized carbons (Fsp3) is 0.421. The Hall–Kier alpha value is -2.81. The largest absolute Gasteiger partial charge is 0.370 e. The summed E-state index contributed by atoms with van der Waals surface area (Å²) in [4.78, 5) is 16.8. The highest BCUT2D eigenvalue weighted by molar-refractivity contribution is 5.92. The molecule has 1 saturated heterocycles. The van der Waals surface area contributed by atoms with Gasteiger partial charge in [0, 0.05) is 37.6 Å². The average molecular weight is 337 g/mol. The molecular formula is C19H23N5O. The lowest BCUT2D eigenvalue weighted by Gasteiger charge is -2.23. The first-order chi connectivity index (χ1) is 12.1. The molecule has 1 aliphatic rings. The summed E-state index contributed by atoms with van der Waals surface area (Å²) in [6.45, 7) is 7.22. The summed E-state index contributed by atoms with van der Waals surface area (Å²) in [5.74, 6) is 0.315. The number of hydrogen-bond donors (Lipinski definition) is 1. The zero-order valence-electron chi connectivity index (χ0n) is 14.7. The van der Waals surface area contributed by atoms with Crippen LogP contribution in [0, 0.1) is 11.3 Å². The SMILES string of the molecule is CC(C)c1cc(C(=O)N2CCCN(c3ccc(C#N)cc3)CC2)n[nH]1. The van der Waals surface area contributed by atoms with Gasteiger partial charge in [0.2, 0.25) is 0 Å². The minimum atomic E-state index is -0.00942. The molecule has 0 saturated carbocycles. The summed E-state index contributed by atoms with van der Waals surface area (Å²) >= 11 is 0. The third-order valence-corrected chi connectivity index (χ3v) is 4.58. The first-order valence-corrected chi connectivity index (χ1v) is 8.68. The molecule has 0 radical (unpaired) electrons. The Morgan fingerprint density at radius 1 is 1.20 bits per heavy atom. The lowest BCUT2D eigenvalue weighted by atomic mass is 10.1. The monoisotopic (exact) mass is 337 g/mol. The van der Waals surface area contributed by atoms with E-state index in [-0.39, 0.29) is 5.91 Å². The van der Waals surface area contributed by atoms with Gasteiger partial charge in [-0.25, -0.2) is 0 Å². The number of aromatic amines is 1. The molecule has 2 aromatic rings. The Morgan fingerprint density at radius 2 is 1.96 bits per heavy atom. The number of hydrogen-bond acceptors (Lipinski definition) is 4. The normalized spacial score (nSPS) is 15.1. The highest BCUT2D eigenvalue weighted by atomic mass is 16.2. The van der Waals surface area contributed by atoms with E-state index < -0.39 is 0 Å². The zero-order valence-corrected chi connectivity index (χ0v) is 14.7. The smallest absolute Gasteiger partial charge is 0.274 e. The third kappa shape index (κ3) is 3.82. The Morgan fingerprint density at radius 3 is 2.60 bits per heavy atom. The van der Waals surface area contributed by atoms with Crippen molar-refractivity contribution < 1.29 is 4.79 Å². The number of amides is 1. The van der Waals surface area contributed by atoms with Crippen molar-refractivity contribution in [2.24, 2.45) is 0 Å². The Labute approximate surface area is 148 Å². The lowest BCUT2D eigenvalue weighted by Crippen LogP contribution is -2.35. The van der Waals surface area contributed by atoms with E-state index in [4.69, 9.17) is 5.26 Å². The summed E-state index contributed by atoms with van der Waals surface area (Å²) in [6, 6.07) is 11.6. The number of anilines is 1. The van der Waals surface area contributed by atoms with Crippen molar-refractivity contribution in [3.63, 3.8) is 0 Å². The van der Waals surface area contributed by atoms with Crippen LogP contribution in [0.25, 0.3) is 0 Å². The van der Waals surface area contributed by atoms with Crippen LogP contribution in [0.4, 0.5) is 5.69 Å². The predicted molar refractivity (Wildman–Crippen MR) is 96.6 cm³/mol. The first kappa shape index (κ1) is 17.0. The number of nitriles is 1. The van der Waals surface area contributed by atoms with Crippen molar-refractivity contribution in [3.05, 3.63) is 47.3 Å². The molecule has 3 rings (SSSR count). The van der Waals surface area contributed by atoms with Crippen LogP contribution in [0.15, 0.2) is 30.3 Å². The van der Waals surface area contributed by atoms with Crippen LogP contribution < -0.4 is 4.90 Å². The molecule has 25 heavy (non-hydrogen) atoms. The number of benzene rings is 1. The number of nitrogens with one attached hydrogen (secondary N) is 1. The standard InChI is InChI=1S/C19H23N5O/c1-14(2)17-12-18(22-21-17)19(25)24-9-3-8-23(10-11-24)16-6-4-15(13-20)5-7-16/h4-7,12,14H,3,8-11H2,1-2H3,(H,21,22). The summed E-state index contributed by atoms with van der Waals surface area (Å²) in [5, 5.41) is 16.0. The van der Waals surface area contributed by atoms with Crippen LogP contribution in [0.5, 0.6) is 0 Å². The molecule has 0 aliphatic carbocycles. The molecule has 0 spiro atoms. The first-order valence-electron chi connectivity index (χ1n) is 8.68. The number of rotatable bonds is 3. The van der Waals surface area contributed by atoms with Crippen LogP contribution in [0.3, 0.4) is 0 Å². The summed E-state index contributed by atoms with van der Waals surface area (Å²) in [7, 11) is 0. The second-order valence-corrected chi connectivity index (χ2v) is 6.65. The third-order valence-electron chi connectivity index (χ3n) is 4.58. The molecule has 1 aliphatic heterocycles. The van der Waals surface area contributed by atoms with Gasteiger partial charge >= 0.3 is 0 Å². The van der Waals surface area contributed by atoms with Crippen LogP contribution >= 0.6 is 0 Å². The number of carbonyl (C=O) groups is 1. The second-order valence-electron chi connectivity index (χ2n) is 6.65. The fourth-order valence-electron chi connectivity index (χ4n) is 3.03. The minimum Gasteiger partial charge on any atom is -0.370 e. The van der Waals surface area contributed by atoms with E-state index in [1.54, 1.807) is 0 Å². The van der Waals surface area contributed by atoms with Gasteiger partial charge in [0.1, 0.15) is 5.69 Å². The molecule has 0 unspecified atom stereocenters. The van der Waals surface area contributed by atoms with E-state index in [1.165, 1.54) is 0 Å². The maximum atomic E-state index is 12.7. The van der Waals surface area contributed by atoms with Gasteiger partial charge in [0.25, 0.3) is 5.91 Å². The van der Waals surface area contributed by atoms with E-state index in [9.17, 15) is 4.79 Å². The lowest BCUT2D eigenvalue weighted by molar-refractivity contribution is 0.0761. The van der Waals surface area contributed by atoms with Crippen molar-refractivity contribution >= 4 is 11.6 Å². The molecule has 0 bridgehead atoms. The number of H-pyrrole nitrogens is 1. The summed E-state index contributed by atoms with van der Waals surface area (Å²) in [5.41, 5.74) is 3.23. The van der Waals surface area contributed by atoms with Gasteiger partial charge in [-0.2, -0.15) is 10.4 Å². The molecule has 1 aromatic carbocycles. The van der Waals surface area contributed by atoms with Crippen molar-refractivity contribution in [3.8, 4) is 6.07 Å². The van der Waals surface area contributed by atoms with Gasteiger partial charge < -0.3 is 9.80 Å². The number of aromatic nitrogens is 2. The van der Waals surface area contributed by atoms with Crippen molar-refractivity contribution in [2.75, 3.05) is 31.1 Å². The molecule has 2 heterocycles. The molecule has 6 heteroatoms. The Bertz CT molecular complexity index is 772. The molecule has 1 amide bonds. The highest BCUT2D eigenvalue weighted by Gasteiger charge is 2.22. The van der Waals surface area contributed by atoms with Crippen LogP contribution in [0.1, 0.15) is 47.9 Å². The van der Waals surface area contributed by atoms with Crippen LogP contribution in [-0.4, -0.2) is 47.2 Å². The number of carbonyl (C=O) groups excluding carboxylic acids is 1. The van der Waals surface area contributed by atoms with Crippen molar-refractivity contribution in [1.29, 1.82) is 5.26 Å². The summed E-state index contributed by atoms with van der Waals surface area (Å²) < 4.78 is 0. The second kappa shape index (κ2) is 7.39. The van der Waals surface area contributed by atoms with Crippen molar-refractivity contribution in [1.82, 2.24) is 15.1 Å². The predicted octanol–water partition coefficient (Wildman–Crippen LogP) is 2.76. The van der Waals surface area contributed by atoms with E-state index >= 15 is 0 Å². The van der Waals surface area contributed by atoms with Gasteiger partial charge in [-0.05, 0) is 42.7 Å². The molecule has 6 nitrogen and oxygen atoms in total. The Balaban J connectivity index is 1.66. The maximum Gasteiger partial charge on any atom is 0.274 e. The van der Waals surface area contributed by atoms with Gasteiger partial charge in [-0.15, -0.1) is 0 Å². The minimum absolute atomic E-state index is 0.00942. The molecule has 1 fully saturated rings. The molecular weight excluding hydrogens is 314 g/mol. The van der Waals surface area contributed by atoms with Crippen LogP contribution in [-0.2, 0) is 0 Å². The topological polar surface area (TPSA) is 76.0 Å². The van der Waals surface area contributed by atoms with Gasteiger partial charge in [0.05, 0.1) is 11.6 Å². The zero-order chi connectivity index (χ0) is 17.8. The van der Waals surface area contributed by atoms with Gasteiger partial charge in [0.15, 0.2) is 0 Å². The Kier molecular flexibility index (Phi) is 5.03. The van der Waals surface area contributed by atoms with Gasteiger partial charge in [-0.3, -0.25) is 9.89 Å². The fourth-order valence-corrected chi connectivity index (χ4v) is 3.03. The van der Waals surface area contributed by atoms with E-state index in [1.807, 2.05) is 35.2 Å². The average Bonchev–Trinajstić information content (AvgIpc) is 3.00. The van der Waals surface area contributed by atoms with E-state index in [0.29, 0.717) is 23.7 Å². The molecule has 130 valence electrons. The summed E-state index contributed by atoms with van der Waals surface area (Å²) in [6.07, 6.45) is 0.910. The molecule has 1 aromatic heterocycles. The number of nitrogens with zero attached hydrogens (tertiary/aromatic N) is 4. The van der Waals surface area contributed by atoms with E-state index in [0.717, 1.165) is 37.4 Å². The molecule has 0 atom stereocenters. The quantitative estimate of drug-likeness (QED) is 0.934. The van der Waals surface area contributed by atoms with E-state index in [2.05, 4.69) is 35.0 Å².